The molecule has 0 atom stereocenters. The molecule has 0 fully saturated rings. The summed E-state index contributed by atoms with van der Waals surface area (Å²) in [7, 11) is -2.15. The second kappa shape index (κ2) is 9.36. The minimum Gasteiger partial charge on any atom is -0.341 e. The Kier molecular flexibility index (Phi) is 7.98. The summed E-state index contributed by atoms with van der Waals surface area (Å²) in [5.41, 5.74) is 6.12. The standard InChI is InChI=1S/C19H24FN3O3S.ClH/c1-19(2,12-21)13-23(3)18(24)14-4-10-17(11-5-14)27(25,26)22-16-8-6-15(20)7-9-16;/h4-11,22H,12-13,21H2,1-3H3;1H. The normalized spacial score (nSPS) is 11.5. The number of nitrogens with two attached hydrogens (primary N) is 1. The quantitative estimate of drug-likeness (QED) is 0.707. The molecule has 0 aliphatic heterocycles. The molecule has 0 aliphatic rings. The number of hydrogen-bond donors (Lipinski definition) is 2. The molecular formula is C19H25ClFN3O3S. The van der Waals surface area contributed by atoms with Crippen LogP contribution in [0.3, 0.4) is 0 Å². The third-order valence-electron chi connectivity index (χ3n) is 4.07. The Labute approximate surface area is 171 Å². The minimum atomic E-state index is -3.84. The first kappa shape index (κ1) is 23.9. The maximum absolute atomic E-state index is 12.9. The summed E-state index contributed by atoms with van der Waals surface area (Å²) >= 11 is 0. The average Bonchev–Trinajstić information content (AvgIpc) is 2.62. The van der Waals surface area contributed by atoms with Crippen LogP contribution in [0.2, 0.25) is 0 Å². The largest absolute Gasteiger partial charge is 0.341 e. The highest BCUT2D eigenvalue weighted by atomic mass is 35.5. The van der Waals surface area contributed by atoms with Gasteiger partial charge in [0.1, 0.15) is 5.82 Å². The fraction of sp³-hybridized carbons (Fsp3) is 0.316. The van der Waals surface area contributed by atoms with Crippen LogP contribution in [0.25, 0.3) is 0 Å². The van der Waals surface area contributed by atoms with E-state index >= 15 is 0 Å². The van der Waals surface area contributed by atoms with Crippen LogP contribution < -0.4 is 10.5 Å². The lowest BCUT2D eigenvalue weighted by Crippen LogP contribution is -2.39. The summed E-state index contributed by atoms with van der Waals surface area (Å²) in [6.07, 6.45) is 0. The van der Waals surface area contributed by atoms with Crippen molar-refractivity contribution in [3.63, 3.8) is 0 Å². The molecule has 0 saturated carbocycles. The van der Waals surface area contributed by atoms with Crippen molar-refractivity contribution in [2.45, 2.75) is 18.7 Å². The minimum absolute atomic E-state index is 0. The van der Waals surface area contributed by atoms with E-state index in [2.05, 4.69) is 4.72 Å². The summed E-state index contributed by atoms with van der Waals surface area (Å²) < 4.78 is 40.1. The average molecular weight is 430 g/mol. The summed E-state index contributed by atoms with van der Waals surface area (Å²) in [5.74, 6) is -0.672. The van der Waals surface area contributed by atoms with Gasteiger partial charge in [-0.1, -0.05) is 13.8 Å². The highest BCUT2D eigenvalue weighted by Gasteiger charge is 2.22. The molecule has 6 nitrogen and oxygen atoms in total. The number of hydrogen-bond acceptors (Lipinski definition) is 4. The predicted octanol–water partition coefficient (Wildman–Crippen LogP) is 3.11. The number of rotatable bonds is 7. The maximum Gasteiger partial charge on any atom is 0.261 e. The third-order valence-corrected chi connectivity index (χ3v) is 5.47. The monoisotopic (exact) mass is 429 g/mol. The molecule has 0 aromatic heterocycles. The smallest absolute Gasteiger partial charge is 0.261 e. The zero-order valence-electron chi connectivity index (χ0n) is 16.0. The molecule has 0 unspecified atom stereocenters. The van der Waals surface area contributed by atoms with E-state index in [1.807, 2.05) is 13.8 Å². The van der Waals surface area contributed by atoms with Gasteiger partial charge in [-0.2, -0.15) is 0 Å². The van der Waals surface area contributed by atoms with Gasteiger partial charge in [0.2, 0.25) is 0 Å². The molecule has 0 aliphatic carbocycles. The molecule has 1 amide bonds. The summed E-state index contributed by atoms with van der Waals surface area (Å²) in [4.78, 5) is 14.1. The van der Waals surface area contributed by atoms with Gasteiger partial charge in [-0.05, 0) is 60.5 Å². The fourth-order valence-electron chi connectivity index (χ4n) is 2.51. The highest BCUT2D eigenvalue weighted by Crippen LogP contribution is 2.19. The lowest BCUT2D eigenvalue weighted by Gasteiger charge is -2.29. The molecule has 0 spiro atoms. The van der Waals surface area contributed by atoms with Crippen LogP contribution in [0.5, 0.6) is 0 Å². The Balaban J connectivity index is 0.00000392. The SMILES string of the molecule is CN(CC(C)(C)CN)C(=O)c1ccc(S(=O)(=O)Nc2ccc(F)cc2)cc1.Cl. The molecule has 154 valence electrons. The van der Waals surface area contributed by atoms with Crippen LogP contribution >= 0.6 is 12.4 Å². The summed E-state index contributed by atoms with van der Waals surface area (Å²) in [5, 5.41) is 0. The molecule has 9 heteroatoms. The molecule has 28 heavy (non-hydrogen) atoms. The topological polar surface area (TPSA) is 92.5 Å². The molecule has 0 bridgehead atoms. The first-order chi connectivity index (χ1) is 12.5. The number of nitrogens with one attached hydrogen (secondary N) is 1. The van der Waals surface area contributed by atoms with Crippen LogP contribution in [0.15, 0.2) is 53.4 Å². The molecule has 2 rings (SSSR count). The number of sulfonamides is 1. The van der Waals surface area contributed by atoms with Gasteiger partial charge in [0.05, 0.1) is 4.90 Å². The van der Waals surface area contributed by atoms with Crippen LogP contribution in [0, 0.1) is 11.2 Å². The maximum atomic E-state index is 12.9. The number of nitrogens with zero attached hydrogens (tertiary/aromatic N) is 1. The molecule has 2 aromatic rings. The van der Waals surface area contributed by atoms with E-state index in [9.17, 15) is 17.6 Å². The van der Waals surface area contributed by atoms with Gasteiger partial charge in [0.25, 0.3) is 15.9 Å². The van der Waals surface area contributed by atoms with E-state index < -0.39 is 15.8 Å². The van der Waals surface area contributed by atoms with Crippen molar-refractivity contribution in [1.82, 2.24) is 4.90 Å². The van der Waals surface area contributed by atoms with Crippen LogP contribution in [-0.4, -0.2) is 39.4 Å². The second-order valence-corrected chi connectivity index (χ2v) is 8.85. The van der Waals surface area contributed by atoms with E-state index in [0.29, 0.717) is 18.7 Å². The number of benzene rings is 2. The molecule has 0 radical (unpaired) electrons. The highest BCUT2D eigenvalue weighted by molar-refractivity contribution is 7.92. The van der Waals surface area contributed by atoms with Crippen molar-refractivity contribution in [3.05, 3.63) is 59.9 Å². The van der Waals surface area contributed by atoms with Gasteiger partial charge in [0.15, 0.2) is 0 Å². The van der Waals surface area contributed by atoms with Crippen molar-refractivity contribution >= 4 is 34.0 Å². The number of halogens is 2. The van der Waals surface area contributed by atoms with E-state index in [-0.39, 0.29) is 34.3 Å². The number of anilines is 1. The Hall–Kier alpha value is -2.16. The van der Waals surface area contributed by atoms with Gasteiger partial charge in [-0.25, -0.2) is 12.8 Å². The van der Waals surface area contributed by atoms with Crippen molar-refractivity contribution in [2.75, 3.05) is 24.9 Å². The zero-order chi connectivity index (χ0) is 20.2. The van der Waals surface area contributed by atoms with Crippen LogP contribution in [-0.2, 0) is 10.0 Å². The first-order valence-corrected chi connectivity index (χ1v) is 9.86. The Morgan fingerprint density at radius 2 is 1.64 bits per heavy atom. The Bertz CT molecular complexity index is 901. The molecule has 3 N–H and O–H groups in total. The molecule has 0 heterocycles. The van der Waals surface area contributed by atoms with Crippen LogP contribution in [0.4, 0.5) is 10.1 Å². The number of carbonyl (C=O) groups is 1. The molecule has 0 saturated heterocycles. The Morgan fingerprint density at radius 1 is 1.11 bits per heavy atom. The zero-order valence-corrected chi connectivity index (χ0v) is 17.6. The molecular weight excluding hydrogens is 405 g/mol. The second-order valence-electron chi connectivity index (χ2n) is 7.17. The van der Waals surface area contributed by atoms with Gasteiger partial charge in [0, 0.05) is 24.8 Å². The Morgan fingerprint density at radius 3 is 2.14 bits per heavy atom. The van der Waals surface area contributed by atoms with Gasteiger partial charge < -0.3 is 10.6 Å². The lowest BCUT2D eigenvalue weighted by molar-refractivity contribution is 0.0740. The number of amides is 1. The van der Waals surface area contributed by atoms with Crippen molar-refractivity contribution < 1.29 is 17.6 Å². The molecule has 2 aromatic carbocycles. The fourth-order valence-corrected chi connectivity index (χ4v) is 3.57. The van der Waals surface area contributed by atoms with Gasteiger partial charge in [-0.3, -0.25) is 9.52 Å². The van der Waals surface area contributed by atoms with Crippen LogP contribution in [0.1, 0.15) is 24.2 Å². The van der Waals surface area contributed by atoms with E-state index in [0.717, 1.165) is 12.1 Å². The van der Waals surface area contributed by atoms with Gasteiger partial charge >= 0.3 is 0 Å². The van der Waals surface area contributed by atoms with E-state index in [4.69, 9.17) is 5.73 Å². The van der Waals surface area contributed by atoms with E-state index in [1.165, 1.54) is 36.4 Å². The van der Waals surface area contributed by atoms with Crippen molar-refractivity contribution in [2.24, 2.45) is 11.1 Å². The summed E-state index contributed by atoms with van der Waals surface area (Å²) in [6, 6.07) is 10.7. The van der Waals surface area contributed by atoms with Gasteiger partial charge in [-0.15, -0.1) is 12.4 Å². The van der Waals surface area contributed by atoms with Crippen molar-refractivity contribution in [3.8, 4) is 0 Å². The predicted molar refractivity (Wildman–Crippen MR) is 111 cm³/mol. The van der Waals surface area contributed by atoms with E-state index in [1.54, 1.807) is 11.9 Å². The number of carbonyl (C=O) groups excluding carboxylic acids is 1. The first-order valence-electron chi connectivity index (χ1n) is 8.38. The summed E-state index contributed by atoms with van der Waals surface area (Å²) in [6.45, 7) is 4.85. The third kappa shape index (κ3) is 6.19. The van der Waals surface area contributed by atoms with Crippen molar-refractivity contribution in [1.29, 1.82) is 0 Å². The lowest BCUT2D eigenvalue weighted by atomic mass is 9.93.